The van der Waals surface area contributed by atoms with E-state index in [2.05, 4.69) is 32.2 Å². The quantitative estimate of drug-likeness (QED) is 0.859. The third kappa shape index (κ3) is 4.22. The highest BCUT2D eigenvalue weighted by molar-refractivity contribution is 5.37. The molecule has 0 saturated carbocycles. The molecule has 0 aliphatic heterocycles. The lowest BCUT2D eigenvalue weighted by molar-refractivity contribution is -0.0109. The number of rotatable bonds is 6. The number of benzene rings is 1. The molecular weight excluding hydrogens is 250 g/mol. The Morgan fingerprint density at radius 3 is 2.15 bits per heavy atom. The normalized spacial score (nSPS) is 15.2. The van der Waals surface area contributed by atoms with Gasteiger partial charge in [-0.1, -0.05) is 39.0 Å². The summed E-state index contributed by atoms with van der Waals surface area (Å²) in [4.78, 5) is 0. The van der Waals surface area contributed by atoms with Crippen molar-refractivity contribution < 1.29 is 9.47 Å². The van der Waals surface area contributed by atoms with E-state index in [9.17, 15) is 0 Å². The molecule has 0 aliphatic rings. The Morgan fingerprint density at radius 1 is 1.10 bits per heavy atom. The molecule has 2 atom stereocenters. The number of nitrogens with one attached hydrogen (secondary N) is 1. The van der Waals surface area contributed by atoms with Crippen LogP contribution in [-0.4, -0.2) is 26.4 Å². The Kier molecular flexibility index (Phi) is 6.03. The molecule has 0 saturated heterocycles. The average molecular weight is 279 g/mol. The molecule has 1 aromatic carbocycles. The summed E-state index contributed by atoms with van der Waals surface area (Å²) in [5, 5.41) is 3.38. The summed E-state index contributed by atoms with van der Waals surface area (Å²) in [6, 6.07) is 8.27. The molecule has 0 spiro atoms. The minimum atomic E-state index is 0.0351. The maximum Gasteiger partial charge on any atom is 0.124 e. The van der Waals surface area contributed by atoms with E-state index < -0.39 is 0 Å². The van der Waals surface area contributed by atoms with Gasteiger partial charge in [0.2, 0.25) is 0 Å². The van der Waals surface area contributed by atoms with Gasteiger partial charge in [-0.2, -0.15) is 0 Å². The number of para-hydroxylation sites is 1. The van der Waals surface area contributed by atoms with Gasteiger partial charge in [0.1, 0.15) is 5.75 Å². The van der Waals surface area contributed by atoms with E-state index >= 15 is 0 Å². The van der Waals surface area contributed by atoms with Crippen LogP contribution >= 0.6 is 0 Å². The van der Waals surface area contributed by atoms with E-state index in [1.54, 1.807) is 7.11 Å². The smallest absolute Gasteiger partial charge is 0.124 e. The van der Waals surface area contributed by atoms with Gasteiger partial charge in [-0.3, -0.25) is 0 Å². The van der Waals surface area contributed by atoms with Gasteiger partial charge in [-0.05, 0) is 32.4 Å². The van der Waals surface area contributed by atoms with Crippen LogP contribution < -0.4 is 10.1 Å². The summed E-state index contributed by atoms with van der Waals surface area (Å²) in [5.74, 6) is 0.924. The molecule has 3 heteroatoms. The van der Waals surface area contributed by atoms with Gasteiger partial charge in [0.25, 0.3) is 0 Å². The Labute approximate surface area is 123 Å². The predicted molar refractivity (Wildman–Crippen MR) is 84.3 cm³/mol. The number of ether oxygens (including phenoxy) is 2. The lowest BCUT2D eigenvalue weighted by Crippen LogP contribution is -2.40. The third-order valence-electron chi connectivity index (χ3n) is 3.34. The summed E-state index contributed by atoms with van der Waals surface area (Å²) < 4.78 is 11.7. The summed E-state index contributed by atoms with van der Waals surface area (Å²) in [7, 11) is 3.74. The molecule has 114 valence electrons. The van der Waals surface area contributed by atoms with Gasteiger partial charge in [0.05, 0.1) is 18.2 Å². The van der Waals surface area contributed by atoms with Crippen molar-refractivity contribution in [1.29, 1.82) is 0 Å². The molecule has 1 rings (SSSR count). The van der Waals surface area contributed by atoms with Crippen molar-refractivity contribution in [3.63, 3.8) is 0 Å². The fourth-order valence-corrected chi connectivity index (χ4v) is 2.56. The Hall–Kier alpha value is -1.06. The van der Waals surface area contributed by atoms with E-state index in [1.165, 1.54) is 0 Å². The van der Waals surface area contributed by atoms with E-state index in [0.29, 0.717) is 0 Å². The number of methoxy groups -OCH3 is 1. The van der Waals surface area contributed by atoms with Crippen LogP contribution in [0.25, 0.3) is 0 Å². The first kappa shape index (κ1) is 17.0. The molecule has 1 aromatic rings. The van der Waals surface area contributed by atoms with Crippen molar-refractivity contribution in [2.24, 2.45) is 5.41 Å². The van der Waals surface area contributed by atoms with E-state index in [1.807, 2.05) is 39.1 Å². The minimum Gasteiger partial charge on any atom is -0.491 e. The second-order valence-electron chi connectivity index (χ2n) is 6.49. The standard InChI is InChI=1S/C17H29NO2/c1-12(2)20-14-11-9-8-10-13(14)15(18-6)16(19-7)17(3,4)5/h8-12,15-16,18H,1-7H3. The summed E-state index contributed by atoms with van der Waals surface area (Å²) in [5.41, 5.74) is 1.18. The lowest BCUT2D eigenvalue weighted by Gasteiger charge is -2.36. The molecular formula is C17H29NO2. The van der Waals surface area contributed by atoms with Crippen LogP contribution in [0.3, 0.4) is 0 Å². The van der Waals surface area contributed by atoms with Gasteiger partial charge >= 0.3 is 0 Å². The van der Waals surface area contributed by atoms with E-state index in [0.717, 1.165) is 11.3 Å². The van der Waals surface area contributed by atoms with Gasteiger partial charge in [-0.15, -0.1) is 0 Å². The van der Waals surface area contributed by atoms with Crippen LogP contribution in [0.4, 0.5) is 0 Å². The number of likely N-dealkylation sites (N-methyl/N-ethyl adjacent to an activating group) is 1. The maximum absolute atomic E-state index is 5.94. The van der Waals surface area contributed by atoms with Gasteiger partial charge in [-0.25, -0.2) is 0 Å². The van der Waals surface area contributed by atoms with Crippen molar-refractivity contribution in [3.05, 3.63) is 29.8 Å². The SMILES string of the molecule is CNC(c1ccccc1OC(C)C)C(OC)C(C)(C)C. The molecule has 0 aromatic heterocycles. The highest BCUT2D eigenvalue weighted by atomic mass is 16.5. The zero-order valence-electron chi connectivity index (χ0n) is 13.9. The molecule has 0 heterocycles. The molecule has 0 radical (unpaired) electrons. The highest BCUT2D eigenvalue weighted by Crippen LogP contribution is 2.36. The van der Waals surface area contributed by atoms with Crippen LogP contribution in [-0.2, 0) is 4.74 Å². The highest BCUT2D eigenvalue weighted by Gasteiger charge is 2.34. The summed E-state index contributed by atoms with van der Waals surface area (Å²) in [6.45, 7) is 10.7. The molecule has 0 aliphatic carbocycles. The fraction of sp³-hybridized carbons (Fsp3) is 0.647. The van der Waals surface area contributed by atoms with Crippen LogP contribution in [0.5, 0.6) is 5.75 Å². The number of hydrogen-bond donors (Lipinski definition) is 1. The fourth-order valence-electron chi connectivity index (χ4n) is 2.56. The molecule has 2 unspecified atom stereocenters. The van der Waals surface area contributed by atoms with Gasteiger partial charge in [0, 0.05) is 12.7 Å². The van der Waals surface area contributed by atoms with Gasteiger partial charge in [0.15, 0.2) is 0 Å². The topological polar surface area (TPSA) is 30.5 Å². The van der Waals surface area contributed by atoms with Crippen molar-refractivity contribution in [3.8, 4) is 5.75 Å². The van der Waals surface area contributed by atoms with Crippen molar-refractivity contribution in [1.82, 2.24) is 5.32 Å². The Balaban J connectivity index is 3.17. The minimum absolute atomic E-state index is 0.0351. The lowest BCUT2D eigenvalue weighted by atomic mass is 9.82. The molecule has 3 nitrogen and oxygen atoms in total. The second kappa shape index (κ2) is 7.09. The van der Waals surface area contributed by atoms with Crippen LogP contribution in [0.1, 0.15) is 46.2 Å². The second-order valence-corrected chi connectivity index (χ2v) is 6.49. The maximum atomic E-state index is 5.94. The first-order valence-electron chi connectivity index (χ1n) is 7.27. The van der Waals surface area contributed by atoms with Crippen LogP contribution in [0.15, 0.2) is 24.3 Å². The van der Waals surface area contributed by atoms with Crippen LogP contribution in [0.2, 0.25) is 0 Å². The molecule has 20 heavy (non-hydrogen) atoms. The largest absolute Gasteiger partial charge is 0.491 e. The third-order valence-corrected chi connectivity index (χ3v) is 3.34. The van der Waals surface area contributed by atoms with Crippen molar-refractivity contribution >= 4 is 0 Å². The first-order chi connectivity index (χ1) is 9.31. The number of hydrogen-bond acceptors (Lipinski definition) is 3. The van der Waals surface area contributed by atoms with E-state index in [4.69, 9.17) is 9.47 Å². The monoisotopic (exact) mass is 279 g/mol. The predicted octanol–water partition coefficient (Wildman–Crippen LogP) is 3.80. The van der Waals surface area contributed by atoms with E-state index in [-0.39, 0.29) is 23.7 Å². The summed E-state index contributed by atoms with van der Waals surface area (Å²) in [6.07, 6.45) is 0.216. The van der Waals surface area contributed by atoms with Crippen molar-refractivity contribution in [2.75, 3.05) is 14.2 Å². The average Bonchev–Trinajstić information content (AvgIpc) is 2.34. The zero-order valence-corrected chi connectivity index (χ0v) is 13.9. The zero-order chi connectivity index (χ0) is 15.3. The molecule has 0 bridgehead atoms. The molecule has 0 amide bonds. The molecule has 1 N–H and O–H groups in total. The molecule has 0 fully saturated rings. The Bertz CT molecular complexity index is 410. The first-order valence-corrected chi connectivity index (χ1v) is 7.27. The Morgan fingerprint density at radius 2 is 1.70 bits per heavy atom. The van der Waals surface area contributed by atoms with Crippen molar-refractivity contribution in [2.45, 2.75) is 52.9 Å². The summed E-state index contributed by atoms with van der Waals surface area (Å²) >= 11 is 0. The van der Waals surface area contributed by atoms with Gasteiger partial charge < -0.3 is 14.8 Å². The van der Waals surface area contributed by atoms with Crippen LogP contribution in [0, 0.1) is 5.41 Å².